The van der Waals surface area contributed by atoms with E-state index in [1.165, 1.54) is 11.0 Å². The molecule has 6 rings (SSSR count). The van der Waals surface area contributed by atoms with Gasteiger partial charge in [0.05, 0.1) is 23.9 Å². The van der Waals surface area contributed by atoms with Gasteiger partial charge >= 0.3 is 12.1 Å². The lowest BCUT2D eigenvalue weighted by atomic mass is 10.0. The molecule has 0 fully saturated rings. The second kappa shape index (κ2) is 17.7. The van der Waals surface area contributed by atoms with Gasteiger partial charge < -0.3 is 34.8 Å². The van der Waals surface area contributed by atoms with E-state index in [2.05, 4.69) is 49.5 Å². The largest absolute Gasteiger partial charge is 0.487 e. The van der Waals surface area contributed by atoms with Gasteiger partial charge in [-0.15, -0.1) is 0 Å². The third-order valence-corrected chi connectivity index (χ3v) is 15.0. The van der Waals surface area contributed by atoms with Crippen molar-refractivity contribution >= 4 is 42.7 Å². The van der Waals surface area contributed by atoms with Crippen molar-refractivity contribution < 1.29 is 23.9 Å². The monoisotopic (exact) mass is 782 g/mol. The third-order valence-electron chi connectivity index (χ3n) is 10.5. The van der Waals surface area contributed by atoms with Crippen molar-refractivity contribution in [3.63, 3.8) is 0 Å². The van der Waals surface area contributed by atoms with Crippen LogP contribution in [0.1, 0.15) is 43.6 Å². The molecular weight excluding hydrogens is 733 g/mol. The zero-order chi connectivity index (χ0) is 40.6. The highest BCUT2D eigenvalue weighted by atomic mass is 28.4. The van der Waals surface area contributed by atoms with Gasteiger partial charge in [-0.1, -0.05) is 118 Å². The van der Waals surface area contributed by atoms with Crippen LogP contribution in [0, 0.1) is 0 Å². The van der Waals surface area contributed by atoms with Gasteiger partial charge in [-0.05, 0) is 77.1 Å². The van der Waals surface area contributed by atoms with E-state index >= 15 is 0 Å². The van der Waals surface area contributed by atoms with E-state index in [9.17, 15) is 19.5 Å². The fourth-order valence-corrected chi connectivity index (χ4v) is 7.66. The topological polar surface area (TPSA) is 133 Å². The Labute approximate surface area is 334 Å². The zero-order valence-electron chi connectivity index (χ0n) is 33.0. The molecule has 0 radical (unpaired) electrons. The van der Waals surface area contributed by atoms with E-state index in [4.69, 9.17) is 9.16 Å². The number of carbonyl (C=O) groups excluding carboxylic acids is 1. The number of H-pyrrole nitrogens is 1. The van der Waals surface area contributed by atoms with Gasteiger partial charge in [-0.3, -0.25) is 4.79 Å². The van der Waals surface area contributed by atoms with Crippen LogP contribution in [0.25, 0.3) is 22.0 Å². The number of benzene rings is 5. The maximum Gasteiger partial charge on any atom is 0.407 e. The first-order valence-electron chi connectivity index (χ1n) is 19.1. The van der Waals surface area contributed by atoms with Crippen molar-refractivity contribution in [2.75, 3.05) is 23.7 Å². The maximum atomic E-state index is 13.2. The van der Waals surface area contributed by atoms with Crippen molar-refractivity contribution in [1.82, 2.24) is 9.88 Å². The Balaban J connectivity index is 1.21. The summed E-state index contributed by atoms with van der Waals surface area (Å²) in [6.45, 7) is 11.3. The van der Waals surface area contributed by atoms with Gasteiger partial charge in [0.15, 0.2) is 8.32 Å². The molecule has 0 unspecified atom stereocenters. The highest BCUT2D eigenvalue weighted by Gasteiger charge is 2.40. The molecule has 1 atom stereocenters. The van der Waals surface area contributed by atoms with Crippen LogP contribution < -0.4 is 20.9 Å². The summed E-state index contributed by atoms with van der Waals surface area (Å²) in [4.78, 5) is 43.0. The summed E-state index contributed by atoms with van der Waals surface area (Å²) in [5.41, 5.74) is 6.00. The van der Waals surface area contributed by atoms with E-state index < -0.39 is 26.5 Å². The first-order chi connectivity index (χ1) is 27.3. The number of para-hydroxylation sites is 1. The van der Waals surface area contributed by atoms with Crippen molar-refractivity contribution in [2.45, 2.75) is 58.0 Å². The third kappa shape index (κ3) is 10.4. The summed E-state index contributed by atoms with van der Waals surface area (Å²) in [6, 6.07) is 41.2. The molecule has 11 heteroatoms. The van der Waals surface area contributed by atoms with Crippen LogP contribution in [-0.2, 0) is 17.5 Å². The number of anilines is 2. The molecule has 0 aliphatic heterocycles. The van der Waals surface area contributed by atoms with Crippen molar-refractivity contribution in [3.8, 4) is 16.9 Å². The molecule has 5 aromatic carbocycles. The minimum atomic E-state index is -2.45. The van der Waals surface area contributed by atoms with Gasteiger partial charge in [0.1, 0.15) is 12.4 Å². The van der Waals surface area contributed by atoms with E-state index in [1.54, 1.807) is 12.1 Å². The highest BCUT2D eigenvalue weighted by molar-refractivity contribution is 6.74. The molecule has 57 heavy (non-hydrogen) atoms. The average Bonchev–Trinajstić information content (AvgIpc) is 3.18. The molecule has 4 N–H and O–H groups in total. The lowest BCUT2D eigenvalue weighted by molar-refractivity contribution is 0.102. The van der Waals surface area contributed by atoms with Gasteiger partial charge in [-0.2, -0.15) is 0 Å². The number of carboxylic acid groups (broad SMARTS) is 1. The fraction of sp³-hybridized carbons (Fsp3) is 0.239. The van der Waals surface area contributed by atoms with Crippen molar-refractivity contribution in [1.29, 1.82) is 0 Å². The number of aromatic nitrogens is 1. The number of aromatic amines is 1. The van der Waals surface area contributed by atoms with Gasteiger partial charge in [0.2, 0.25) is 5.56 Å². The second-order valence-corrected chi connectivity index (χ2v) is 20.3. The molecule has 1 heterocycles. The number of hydrogen-bond acceptors (Lipinski definition) is 5. The summed E-state index contributed by atoms with van der Waals surface area (Å²) in [7, 11) is -2.45. The molecule has 6 aromatic rings. The first kappa shape index (κ1) is 40.5. The van der Waals surface area contributed by atoms with E-state index in [1.807, 2.05) is 115 Å². The predicted molar refractivity (Wildman–Crippen MR) is 231 cm³/mol. The van der Waals surface area contributed by atoms with Crippen LogP contribution in [0.4, 0.5) is 21.0 Å². The molecule has 0 spiro atoms. The Hall–Kier alpha value is -6.17. The predicted octanol–water partition coefficient (Wildman–Crippen LogP) is 10.7. The number of nitrogens with zero attached hydrogens (tertiary/aromatic N) is 1. The highest BCUT2D eigenvalue weighted by Crippen LogP contribution is 2.42. The minimum Gasteiger partial charge on any atom is -0.487 e. The van der Waals surface area contributed by atoms with E-state index in [-0.39, 0.29) is 23.7 Å². The van der Waals surface area contributed by atoms with Crippen molar-refractivity contribution in [3.05, 3.63) is 161 Å². The number of carbonyl (C=O) groups is 2. The molecule has 0 aliphatic rings. The summed E-state index contributed by atoms with van der Waals surface area (Å²) >= 11 is 0. The molecule has 0 saturated carbocycles. The van der Waals surface area contributed by atoms with Crippen molar-refractivity contribution in [2.24, 2.45) is 0 Å². The van der Waals surface area contributed by atoms with Crippen LogP contribution in [0.15, 0.2) is 138 Å². The van der Waals surface area contributed by atoms with Crippen LogP contribution >= 0.6 is 0 Å². The molecule has 0 saturated heterocycles. The average molecular weight is 783 g/mol. The lowest BCUT2D eigenvalue weighted by Crippen LogP contribution is -2.45. The maximum absolute atomic E-state index is 13.2. The molecule has 10 nitrogen and oxygen atoms in total. The second-order valence-electron chi connectivity index (χ2n) is 15.6. The summed E-state index contributed by atoms with van der Waals surface area (Å²) in [6.07, 6.45) is -1.33. The smallest absolute Gasteiger partial charge is 0.407 e. The number of amides is 3. The van der Waals surface area contributed by atoms with Crippen LogP contribution in [0.3, 0.4) is 0 Å². The Morgan fingerprint density at radius 1 is 0.807 bits per heavy atom. The summed E-state index contributed by atoms with van der Waals surface area (Å²) in [5, 5.41) is 17.0. The summed E-state index contributed by atoms with van der Waals surface area (Å²) < 4.78 is 13.2. The molecule has 3 amide bonds. The van der Waals surface area contributed by atoms with E-state index in [0.717, 1.165) is 33.2 Å². The standard InChI is InChI=1S/C46H50N4O6Si/c1-46(2,3)57(4,5)56-41(37-23-25-40(43-38(37)24-26-42(51)49-43)55-31-33-15-8-6-9-16-33)30-50(45(53)54)28-27-32-17-14-20-35(29-32)47-44(52)48-39-22-13-12-21-36(39)34-18-10-7-11-19-34/h6-26,29,41H,27-28,30-31H2,1-5H3,(H,49,51)(H,53,54)(H2,47,48,52)/t41-/m1/s1. The molecule has 0 aliphatic carbocycles. The van der Waals surface area contributed by atoms with Gasteiger partial charge in [0.25, 0.3) is 0 Å². The number of nitrogens with one attached hydrogen (secondary N) is 3. The van der Waals surface area contributed by atoms with Gasteiger partial charge in [0, 0.05) is 29.2 Å². The molecule has 1 aromatic heterocycles. The normalized spacial score (nSPS) is 12.2. The fourth-order valence-electron chi connectivity index (χ4n) is 6.40. The number of urea groups is 1. The minimum absolute atomic E-state index is 0.0570. The Morgan fingerprint density at radius 2 is 1.49 bits per heavy atom. The zero-order valence-corrected chi connectivity index (χ0v) is 34.0. The molecule has 0 bridgehead atoms. The molecular formula is C46H50N4O6Si. The Bertz CT molecular complexity index is 2380. The van der Waals surface area contributed by atoms with Crippen LogP contribution in [-0.4, -0.2) is 48.5 Å². The number of pyridine rings is 1. The number of ether oxygens (including phenoxy) is 1. The number of hydrogen-bond donors (Lipinski definition) is 4. The Morgan fingerprint density at radius 3 is 2.21 bits per heavy atom. The molecule has 294 valence electrons. The number of fused-ring (bicyclic) bond motifs is 1. The lowest BCUT2D eigenvalue weighted by Gasteiger charge is -2.40. The number of rotatable bonds is 14. The van der Waals surface area contributed by atoms with Crippen LogP contribution in [0.5, 0.6) is 5.75 Å². The summed E-state index contributed by atoms with van der Waals surface area (Å²) in [5.74, 6) is 0.513. The van der Waals surface area contributed by atoms with E-state index in [0.29, 0.717) is 35.7 Å². The van der Waals surface area contributed by atoms with Crippen LogP contribution in [0.2, 0.25) is 18.1 Å². The Kier molecular flexibility index (Phi) is 12.6. The SMILES string of the molecule is CC(C)(C)[Si](C)(C)O[C@H](CN(CCc1cccc(NC(=O)Nc2ccccc2-c2ccccc2)c1)C(=O)O)c1ccc(OCc2ccccc2)c2[nH]c(=O)ccc12. The van der Waals surface area contributed by atoms with Gasteiger partial charge in [-0.25, -0.2) is 9.59 Å². The quantitative estimate of drug-likeness (QED) is 0.0813. The first-order valence-corrected chi connectivity index (χ1v) is 22.0.